The maximum Gasteiger partial charge on any atom is 0.336 e. The first-order valence-electron chi connectivity index (χ1n) is 10.4. The van der Waals surface area contributed by atoms with E-state index in [0.717, 1.165) is 15.4 Å². The zero-order valence-corrected chi connectivity index (χ0v) is 18.9. The second-order valence-corrected chi connectivity index (χ2v) is 8.60. The van der Waals surface area contributed by atoms with Gasteiger partial charge in [-0.2, -0.15) is 0 Å². The van der Waals surface area contributed by atoms with Crippen LogP contribution < -0.4 is 5.63 Å². The summed E-state index contributed by atoms with van der Waals surface area (Å²) < 4.78 is 11.5. The van der Waals surface area contributed by atoms with Crippen LogP contribution >= 0.6 is 15.9 Å². The van der Waals surface area contributed by atoms with Crippen LogP contribution in [0.4, 0.5) is 0 Å². The van der Waals surface area contributed by atoms with Gasteiger partial charge in [0.1, 0.15) is 12.2 Å². The molecule has 32 heavy (non-hydrogen) atoms. The predicted octanol–water partition coefficient (Wildman–Crippen LogP) is 4.55. The summed E-state index contributed by atoms with van der Waals surface area (Å²) >= 11 is 3.35. The van der Waals surface area contributed by atoms with Crippen LogP contribution in [0.3, 0.4) is 0 Å². The molecule has 6 nitrogen and oxygen atoms in total. The molecular formula is C25H22BrNO5. The standard InChI is InChI=1S/C25H22BrNO5/c26-20-7-8-21-19(14-24(29)32-22(21)15-20)16-31-25(30)18-10-12-27(13-11-18)23(28)9-6-17-4-2-1-3-5-17/h1-9,14-15,18H,10-13,16H2/b9-6+. The minimum atomic E-state index is -0.489. The van der Waals surface area contributed by atoms with Crippen LogP contribution in [-0.4, -0.2) is 29.9 Å². The van der Waals surface area contributed by atoms with Crippen molar-refractivity contribution < 1.29 is 18.7 Å². The smallest absolute Gasteiger partial charge is 0.336 e. The lowest BCUT2D eigenvalue weighted by Gasteiger charge is -2.30. The van der Waals surface area contributed by atoms with Crippen LogP contribution in [0, 0.1) is 5.92 Å². The number of carbonyl (C=O) groups is 2. The molecule has 2 aromatic carbocycles. The second kappa shape index (κ2) is 9.96. The lowest BCUT2D eigenvalue weighted by Crippen LogP contribution is -2.39. The van der Waals surface area contributed by atoms with E-state index in [2.05, 4.69) is 15.9 Å². The Bertz CT molecular complexity index is 1210. The summed E-state index contributed by atoms with van der Waals surface area (Å²) in [7, 11) is 0. The molecule has 0 N–H and O–H groups in total. The van der Waals surface area contributed by atoms with E-state index in [1.807, 2.05) is 42.5 Å². The van der Waals surface area contributed by atoms with Crippen molar-refractivity contribution in [1.29, 1.82) is 0 Å². The second-order valence-electron chi connectivity index (χ2n) is 7.68. The SMILES string of the molecule is O=C(OCc1cc(=O)oc2cc(Br)ccc12)C1CCN(C(=O)/C=C/c2ccccc2)CC1. The average Bonchev–Trinajstić information content (AvgIpc) is 2.81. The summed E-state index contributed by atoms with van der Waals surface area (Å²) in [6.07, 6.45) is 4.46. The van der Waals surface area contributed by atoms with Crippen molar-refractivity contribution in [3.8, 4) is 0 Å². The van der Waals surface area contributed by atoms with E-state index < -0.39 is 5.63 Å². The van der Waals surface area contributed by atoms with Gasteiger partial charge < -0.3 is 14.1 Å². The molecule has 0 atom stereocenters. The minimum absolute atomic E-state index is 0.00151. The molecule has 164 valence electrons. The number of amides is 1. The molecule has 1 aliphatic heterocycles. The highest BCUT2D eigenvalue weighted by atomic mass is 79.9. The molecule has 0 radical (unpaired) electrons. The van der Waals surface area contributed by atoms with E-state index in [1.165, 1.54) is 6.07 Å². The lowest BCUT2D eigenvalue weighted by molar-refractivity contribution is -0.152. The normalized spacial score (nSPS) is 14.7. The molecule has 7 heteroatoms. The third kappa shape index (κ3) is 5.34. The number of hydrogen-bond donors (Lipinski definition) is 0. The Morgan fingerprint density at radius 2 is 1.84 bits per heavy atom. The molecule has 1 aliphatic rings. The van der Waals surface area contributed by atoms with Crippen LogP contribution in [0.5, 0.6) is 0 Å². The number of fused-ring (bicyclic) bond motifs is 1. The molecular weight excluding hydrogens is 474 g/mol. The van der Waals surface area contributed by atoms with Gasteiger partial charge in [0.25, 0.3) is 0 Å². The molecule has 4 rings (SSSR count). The van der Waals surface area contributed by atoms with Crippen molar-refractivity contribution in [3.05, 3.63) is 86.7 Å². The Morgan fingerprint density at radius 3 is 2.59 bits per heavy atom. The number of halogens is 1. The molecule has 0 bridgehead atoms. The molecule has 0 saturated carbocycles. The predicted molar refractivity (Wildman–Crippen MR) is 125 cm³/mol. The van der Waals surface area contributed by atoms with Gasteiger partial charge in [-0.05, 0) is 42.7 Å². The van der Waals surface area contributed by atoms with Crippen LogP contribution in [0.25, 0.3) is 17.0 Å². The molecule has 0 unspecified atom stereocenters. The van der Waals surface area contributed by atoms with Crippen molar-refractivity contribution in [2.24, 2.45) is 5.92 Å². The third-order valence-electron chi connectivity index (χ3n) is 5.52. The Morgan fingerprint density at radius 1 is 1.09 bits per heavy atom. The molecule has 0 aliphatic carbocycles. The summed E-state index contributed by atoms with van der Waals surface area (Å²) in [4.78, 5) is 38.6. The highest BCUT2D eigenvalue weighted by Crippen LogP contribution is 2.24. The van der Waals surface area contributed by atoms with Crippen LogP contribution in [-0.2, 0) is 20.9 Å². The van der Waals surface area contributed by atoms with E-state index in [9.17, 15) is 14.4 Å². The van der Waals surface area contributed by atoms with Crippen LogP contribution in [0.1, 0.15) is 24.0 Å². The number of ether oxygens (including phenoxy) is 1. The quantitative estimate of drug-likeness (QED) is 0.294. The van der Waals surface area contributed by atoms with E-state index in [-0.39, 0.29) is 24.4 Å². The van der Waals surface area contributed by atoms with E-state index in [1.54, 1.807) is 23.1 Å². The van der Waals surface area contributed by atoms with Crippen molar-refractivity contribution in [1.82, 2.24) is 4.90 Å². The number of benzene rings is 2. The first-order chi connectivity index (χ1) is 15.5. The Hall–Kier alpha value is -3.19. The summed E-state index contributed by atoms with van der Waals surface area (Å²) in [5.41, 5.74) is 1.52. The number of rotatable bonds is 5. The van der Waals surface area contributed by atoms with Gasteiger partial charge in [-0.15, -0.1) is 0 Å². The zero-order chi connectivity index (χ0) is 22.5. The largest absolute Gasteiger partial charge is 0.461 e. The van der Waals surface area contributed by atoms with Gasteiger partial charge in [-0.25, -0.2) is 4.79 Å². The highest BCUT2D eigenvalue weighted by molar-refractivity contribution is 9.10. The van der Waals surface area contributed by atoms with Gasteiger partial charge >= 0.3 is 11.6 Å². The molecule has 2 heterocycles. The minimum Gasteiger partial charge on any atom is -0.461 e. The van der Waals surface area contributed by atoms with Gasteiger partial charge in [0, 0.05) is 40.7 Å². The average molecular weight is 496 g/mol. The fourth-order valence-corrected chi connectivity index (χ4v) is 4.10. The van der Waals surface area contributed by atoms with Gasteiger partial charge in [-0.1, -0.05) is 46.3 Å². The maximum absolute atomic E-state index is 12.6. The summed E-state index contributed by atoms with van der Waals surface area (Å²) in [5.74, 6) is -0.637. The molecule has 3 aromatic rings. The van der Waals surface area contributed by atoms with E-state index in [0.29, 0.717) is 37.1 Å². The topological polar surface area (TPSA) is 76.8 Å². The highest BCUT2D eigenvalue weighted by Gasteiger charge is 2.27. The first-order valence-corrected chi connectivity index (χ1v) is 11.2. The summed E-state index contributed by atoms with van der Waals surface area (Å²) in [5, 5.41) is 0.728. The number of nitrogens with zero attached hydrogens (tertiary/aromatic N) is 1. The van der Waals surface area contributed by atoms with Gasteiger partial charge in [-0.3, -0.25) is 9.59 Å². The first kappa shape index (κ1) is 22.0. The molecule has 0 spiro atoms. The Balaban J connectivity index is 1.31. The Kier molecular flexibility index (Phi) is 6.85. The van der Waals surface area contributed by atoms with Gasteiger partial charge in [0.2, 0.25) is 5.91 Å². The third-order valence-corrected chi connectivity index (χ3v) is 6.01. The van der Waals surface area contributed by atoms with Crippen molar-refractivity contribution in [2.75, 3.05) is 13.1 Å². The summed E-state index contributed by atoms with van der Waals surface area (Å²) in [6.45, 7) is 1.01. The fourth-order valence-electron chi connectivity index (χ4n) is 3.76. The monoisotopic (exact) mass is 495 g/mol. The van der Waals surface area contributed by atoms with E-state index in [4.69, 9.17) is 9.15 Å². The molecule has 1 aromatic heterocycles. The number of likely N-dealkylation sites (tertiary alicyclic amines) is 1. The van der Waals surface area contributed by atoms with Crippen LogP contribution in [0.15, 0.2) is 74.4 Å². The van der Waals surface area contributed by atoms with E-state index >= 15 is 0 Å². The zero-order valence-electron chi connectivity index (χ0n) is 17.3. The Labute approximate surface area is 193 Å². The lowest BCUT2D eigenvalue weighted by atomic mass is 9.97. The van der Waals surface area contributed by atoms with Crippen molar-refractivity contribution in [2.45, 2.75) is 19.4 Å². The number of esters is 1. The van der Waals surface area contributed by atoms with Crippen LogP contribution in [0.2, 0.25) is 0 Å². The van der Waals surface area contributed by atoms with Gasteiger partial charge in [0.05, 0.1) is 5.92 Å². The molecule has 1 saturated heterocycles. The van der Waals surface area contributed by atoms with Gasteiger partial charge in [0.15, 0.2) is 0 Å². The van der Waals surface area contributed by atoms with Crippen molar-refractivity contribution in [3.63, 3.8) is 0 Å². The number of piperidine rings is 1. The number of hydrogen-bond acceptors (Lipinski definition) is 5. The fraction of sp³-hybridized carbons (Fsp3) is 0.240. The molecule has 1 amide bonds. The maximum atomic E-state index is 12.6. The van der Waals surface area contributed by atoms with Crippen molar-refractivity contribution >= 4 is 44.9 Å². The molecule has 1 fully saturated rings. The number of carbonyl (C=O) groups excluding carboxylic acids is 2. The summed E-state index contributed by atoms with van der Waals surface area (Å²) in [6, 6.07) is 16.4.